The van der Waals surface area contributed by atoms with Crippen molar-refractivity contribution in [3.05, 3.63) is 0 Å². The number of hydrogen-bond acceptors (Lipinski definition) is 3. The first-order valence-corrected chi connectivity index (χ1v) is 7.84. The van der Waals surface area contributed by atoms with E-state index in [1.54, 1.807) is 11.8 Å². The van der Waals surface area contributed by atoms with Crippen molar-refractivity contribution in [2.45, 2.75) is 51.5 Å². The molecular weight excluding hydrogens is 250 g/mol. The van der Waals surface area contributed by atoms with Crippen LogP contribution in [0.2, 0.25) is 0 Å². The van der Waals surface area contributed by atoms with Crippen molar-refractivity contribution in [1.82, 2.24) is 5.32 Å². The van der Waals surface area contributed by atoms with Crippen molar-refractivity contribution in [2.24, 2.45) is 5.92 Å². The second-order valence-electron chi connectivity index (χ2n) is 4.93. The summed E-state index contributed by atoms with van der Waals surface area (Å²) in [5.41, 5.74) is -1.03. The highest BCUT2D eigenvalue weighted by atomic mass is 32.2. The minimum atomic E-state index is -1.03. The van der Waals surface area contributed by atoms with Crippen LogP contribution in [0.1, 0.15) is 46.0 Å². The summed E-state index contributed by atoms with van der Waals surface area (Å²) in [4.78, 5) is 23.5. The fraction of sp³-hybridized carbons (Fsp3) is 0.846. The van der Waals surface area contributed by atoms with Crippen LogP contribution in [-0.2, 0) is 9.59 Å². The molecule has 0 aliphatic carbocycles. The minimum Gasteiger partial charge on any atom is -0.479 e. The highest BCUT2D eigenvalue weighted by Gasteiger charge is 2.43. The van der Waals surface area contributed by atoms with E-state index in [0.717, 1.165) is 31.4 Å². The molecule has 5 heteroatoms. The van der Waals surface area contributed by atoms with Crippen LogP contribution in [0, 0.1) is 5.92 Å². The minimum absolute atomic E-state index is 0.0493. The van der Waals surface area contributed by atoms with E-state index in [9.17, 15) is 14.7 Å². The molecule has 1 saturated heterocycles. The molecule has 1 fully saturated rings. The van der Waals surface area contributed by atoms with Gasteiger partial charge in [0, 0.05) is 11.7 Å². The van der Waals surface area contributed by atoms with Gasteiger partial charge in [0.25, 0.3) is 0 Å². The molecule has 0 spiro atoms. The van der Waals surface area contributed by atoms with Crippen LogP contribution in [0.3, 0.4) is 0 Å². The summed E-state index contributed by atoms with van der Waals surface area (Å²) in [5.74, 6) is 0.255. The number of carbonyl (C=O) groups is 2. The smallest absolute Gasteiger partial charge is 0.330 e. The zero-order valence-corrected chi connectivity index (χ0v) is 12.0. The van der Waals surface area contributed by atoms with Crippen LogP contribution >= 0.6 is 11.8 Å². The van der Waals surface area contributed by atoms with Gasteiger partial charge in [-0.15, -0.1) is 0 Å². The molecule has 0 aromatic rings. The Bertz CT molecular complexity index is 301. The van der Waals surface area contributed by atoms with Gasteiger partial charge in [0.2, 0.25) is 5.91 Å². The molecule has 0 aromatic heterocycles. The van der Waals surface area contributed by atoms with Crippen LogP contribution in [0.15, 0.2) is 0 Å². The Labute approximate surface area is 113 Å². The van der Waals surface area contributed by atoms with E-state index in [0.29, 0.717) is 12.2 Å². The van der Waals surface area contributed by atoms with E-state index >= 15 is 0 Å². The molecule has 0 bridgehead atoms. The van der Waals surface area contributed by atoms with Crippen molar-refractivity contribution in [2.75, 3.05) is 11.5 Å². The Kier molecular flexibility index (Phi) is 5.99. The lowest BCUT2D eigenvalue weighted by atomic mass is 9.94. The fourth-order valence-electron chi connectivity index (χ4n) is 2.19. The summed E-state index contributed by atoms with van der Waals surface area (Å²) < 4.78 is 0. The van der Waals surface area contributed by atoms with Crippen LogP contribution in [-0.4, -0.2) is 34.0 Å². The van der Waals surface area contributed by atoms with Gasteiger partial charge in [-0.2, -0.15) is 11.8 Å². The van der Waals surface area contributed by atoms with Crippen LogP contribution < -0.4 is 5.32 Å². The quantitative estimate of drug-likeness (QED) is 0.747. The van der Waals surface area contributed by atoms with Gasteiger partial charge in [-0.25, -0.2) is 4.79 Å². The van der Waals surface area contributed by atoms with Crippen molar-refractivity contribution in [3.63, 3.8) is 0 Å². The van der Waals surface area contributed by atoms with Crippen molar-refractivity contribution in [3.8, 4) is 0 Å². The monoisotopic (exact) mass is 273 g/mol. The number of unbranched alkanes of at least 4 members (excludes halogenated alkanes) is 1. The number of aliphatic carboxylic acids is 1. The van der Waals surface area contributed by atoms with Gasteiger partial charge >= 0.3 is 5.97 Å². The van der Waals surface area contributed by atoms with E-state index in [2.05, 4.69) is 12.2 Å². The van der Waals surface area contributed by atoms with E-state index in [1.165, 1.54) is 0 Å². The van der Waals surface area contributed by atoms with Crippen molar-refractivity contribution in [1.29, 1.82) is 0 Å². The molecule has 0 radical (unpaired) electrons. The van der Waals surface area contributed by atoms with E-state index in [-0.39, 0.29) is 11.8 Å². The highest BCUT2D eigenvalue weighted by molar-refractivity contribution is 7.99. The number of carboxylic acid groups (broad SMARTS) is 1. The zero-order valence-electron chi connectivity index (χ0n) is 11.2. The third-order valence-corrected chi connectivity index (χ3v) is 4.75. The van der Waals surface area contributed by atoms with E-state index in [4.69, 9.17) is 0 Å². The Morgan fingerprint density at radius 1 is 1.44 bits per heavy atom. The average Bonchev–Trinajstić information content (AvgIpc) is 2.80. The van der Waals surface area contributed by atoms with Crippen LogP contribution in [0.4, 0.5) is 0 Å². The predicted molar refractivity (Wildman–Crippen MR) is 73.8 cm³/mol. The number of hydrogen-bond donors (Lipinski definition) is 2. The second kappa shape index (κ2) is 7.02. The summed E-state index contributed by atoms with van der Waals surface area (Å²) in [7, 11) is 0. The highest BCUT2D eigenvalue weighted by Crippen LogP contribution is 2.29. The number of nitrogens with one attached hydrogen (secondary N) is 1. The average molecular weight is 273 g/mol. The first-order valence-electron chi connectivity index (χ1n) is 6.69. The van der Waals surface area contributed by atoms with Crippen LogP contribution in [0.5, 0.6) is 0 Å². The summed E-state index contributed by atoms with van der Waals surface area (Å²) in [6, 6.07) is 0. The molecule has 0 aromatic carbocycles. The first-order chi connectivity index (χ1) is 8.55. The zero-order chi connectivity index (χ0) is 13.6. The van der Waals surface area contributed by atoms with Gasteiger partial charge in [0.05, 0.1) is 0 Å². The first kappa shape index (κ1) is 15.3. The Morgan fingerprint density at radius 3 is 2.61 bits per heavy atom. The Morgan fingerprint density at radius 2 is 2.17 bits per heavy atom. The summed E-state index contributed by atoms with van der Waals surface area (Å²) in [6.07, 6.45) is 4.23. The Hall–Kier alpha value is -0.710. The maximum absolute atomic E-state index is 12.2. The second-order valence-corrected chi connectivity index (χ2v) is 6.03. The molecule has 1 rings (SSSR count). The van der Waals surface area contributed by atoms with Crippen LogP contribution in [0.25, 0.3) is 0 Å². The van der Waals surface area contributed by atoms with Gasteiger partial charge in [-0.1, -0.05) is 26.7 Å². The topological polar surface area (TPSA) is 66.4 Å². The molecular formula is C13H23NO3S. The molecule has 2 unspecified atom stereocenters. The standard InChI is InChI=1S/C13H23NO3S/c1-3-5-6-10(4-2)11(15)14-13(12(16)17)7-8-18-9-13/h10H,3-9H2,1-2H3,(H,14,15)(H,16,17). The third kappa shape index (κ3) is 3.64. The van der Waals surface area contributed by atoms with Gasteiger partial charge < -0.3 is 10.4 Å². The van der Waals surface area contributed by atoms with Crippen molar-refractivity contribution >= 4 is 23.6 Å². The molecule has 1 aliphatic rings. The number of carbonyl (C=O) groups excluding carboxylic acids is 1. The maximum Gasteiger partial charge on any atom is 0.330 e. The lowest BCUT2D eigenvalue weighted by Crippen LogP contribution is -2.56. The van der Waals surface area contributed by atoms with Gasteiger partial charge in [0.15, 0.2) is 0 Å². The lowest BCUT2D eigenvalue weighted by Gasteiger charge is -2.27. The largest absolute Gasteiger partial charge is 0.479 e. The molecule has 0 saturated carbocycles. The number of amides is 1. The van der Waals surface area contributed by atoms with E-state index < -0.39 is 11.5 Å². The maximum atomic E-state index is 12.2. The fourth-order valence-corrected chi connectivity index (χ4v) is 3.52. The van der Waals surface area contributed by atoms with E-state index in [1.807, 2.05) is 6.92 Å². The lowest BCUT2D eigenvalue weighted by molar-refractivity contribution is -0.147. The number of carboxylic acids is 1. The summed E-state index contributed by atoms with van der Waals surface area (Å²) in [5, 5.41) is 12.1. The van der Waals surface area contributed by atoms with Gasteiger partial charge in [-0.3, -0.25) is 4.79 Å². The third-order valence-electron chi connectivity index (χ3n) is 3.56. The SMILES string of the molecule is CCCCC(CC)C(=O)NC1(C(=O)O)CCSC1. The van der Waals surface area contributed by atoms with Gasteiger partial charge in [-0.05, 0) is 25.0 Å². The molecule has 4 nitrogen and oxygen atoms in total. The summed E-state index contributed by atoms with van der Waals surface area (Å²) in [6.45, 7) is 4.08. The molecule has 1 aliphatic heterocycles. The van der Waals surface area contributed by atoms with Crippen molar-refractivity contribution < 1.29 is 14.7 Å². The molecule has 2 atom stereocenters. The summed E-state index contributed by atoms with van der Waals surface area (Å²) >= 11 is 1.59. The predicted octanol–water partition coefficient (Wildman–Crippen LogP) is 2.28. The molecule has 104 valence electrons. The number of rotatable bonds is 7. The number of thioether (sulfide) groups is 1. The molecule has 18 heavy (non-hydrogen) atoms. The normalized spacial score (nSPS) is 24.8. The Balaban J connectivity index is 2.62. The molecule has 2 N–H and O–H groups in total. The molecule has 1 amide bonds. The van der Waals surface area contributed by atoms with Gasteiger partial charge in [0.1, 0.15) is 5.54 Å². The molecule has 1 heterocycles.